The average molecular weight is 483 g/mol. The highest BCUT2D eigenvalue weighted by atomic mass is 14.0. The summed E-state index contributed by atoms with van der Waals surface area (Å²) in [6.45, 7) is 0. The van der Waals surface area contributed by atoms with Gasteiger partial charge in [0.15, 0.2) is 0 Å². The predicted octanol–water partition coefficient (Wildman–Crippen LogP) is 9.73. The van der Waals surface area contributed by atoms with Crippen LogP contribution in [0.2, 0.25) is 0 Å². The molecule has 0 fully saturated rings. The molecule has 0 radical (unpaired) electrons. The Morgan fingerprint density at radius 3 is 1.08 bits per heavy atom. The van der Waals surface area contributed by atoms with Gasteiger partial charge in [0.1, 0.15) is 0 Å². The van der Waals surface area contributed by atoms with Crippen molar-refractivity contribution in [3.8, 4) is 11.8 Å². The highest BCUT2D eigenvalue weighted by Crippen LogP contribution is 2.19. The largest absolute Gasteiger partial charge is 0.0617 e. The Morgan fingerprint density at radius 2 is 0.658 bits per heavy atom. The molecule has 0 saturated carbocycles. The molecule has 0 heteroatoms. The first-order valence-corrected chi connectivity index (χ1v) is 12.8. The van der Waals surface area contributed by atoms with Gasteiger partial charge in [-0.25, -0.2) is 0 Å². The Kier molecular flexibility index (Phi) is 6.66. The molecular formula is C38H26. The topological polar surface area (TPSA) is 0 Å². The van der Waals surface area contributed by atoms with Gasteiger partial charge in [-0.2, -0.15) is 0 Å². The van der Waals surface area contributed by atoms with Crippen LogP contribution in [0.3, 0.4) is 0 Å². The van der Waals surface area contributed by atoms with E-state index in [-0.39, 0.29) is 0 Å². The third-order valence-corrected chi connectivity index (χ3v) is 6.66. The summed E-state index contributed by atoms with van der Waals surface area (Å²) < 4.78 is 0. The van der Waals surface area contributed by atoms with E-state index in [0.29, 0.717) is 0 Å². The molecule has 0 atom stereocenters. The SMILES string of the molecule is C(#Cc1ccc(C=Cc2ccc3ccccc3c2)cc1)c1ccc(C=Cc2ccc3ccccc3c2)cc1. The van der Waals surface area contributed by atoms with E-state index in [0.717, 1.165) is 22.3 Å². The van der Waals surface area contributed by atoms with Crippen LogP contribution >= 0.6 is 0 Å². The van der Waals surface area contributed by atoms with Crippen LogP contribution in [0.5, 0.6) is 0 Å². The van der Waals surface area contributed by atoms with Gasteiger partial charge >= 0.3 is 0 Å². The predicted molar refractivity (Wildman–Crippen MR) is 165 cm³/mol. The Hall–Kier alpha value is -5.12. The molecule has 6 rings (SSSR count). The van der Waals surface area contributed by atoms with E-state index in [2.05, 4.69) is 170 Å². The van der Waals surface area contributed by atoms with Gasteiger partial charge < -0.3 is 0 Å². The van der Waals surface area contributed by atoms with Gasteiger partial charge in [0.25, 0.3) is 0 Å². The monoisotopic (exact) mass is 482 g/mol. The summed E-state index contributed by atoms with van der Waals surface area (Å²) in [5.74, 6) is 6.57. The van der Waals surface area contributed by atoms with E-state index in [9.17, 15) is 0 Å². The van der Waals surface area contributed by atoms with Crippen molar-refractivity contribution in [2.75, 3.05) is 0 Å². The van der Waals surface area contributed by atoms with Crippen LogP contribution in [-0.4, -0.2) is 0 Å². The molecule has 0 bridgehead atoms. The summed E-state index contributed by atoms with van der Waals surface area (Å²) in [6.07, 6.45) is 8.60. The third kappa shape index (κ3) is 5.65. The number of benzene rings is 6. The van der Waals surface area contributed by atoms with Crippen molar-refractivity contribution in [2.45, 2.75) is 0 Å². The maximum Gasteiger partial charge on any atom is 0.0249 e. The molecule has 0 heterocycles. The van der Waals surface area contributed by atoms with Crippen molar-refractivity contribution in [1.29, 1.82) is 0 Å². The molecular weight excluding hydrogens is 456 g/mol. The van der Waals surface area contributed by atoms with Crippen LogP contribution < -0.4 is 0 Å². The molecule has 0 aliphatic carbocycles. The number of hydrogen-bond donors (Lipinski definition) is 0. The van der Waals surface area contributed by atoms with E-state index in [1.54, 1.807) is 0 Å². The zero-order valence-electron chi connectivity index (χ0n) is 21.0. The normalized spacial score (nSPS) is 11.3. The lowest BCUT2D eigenvalue weighted by Crippen LogP contribution is -1.79. The second-order valence-corrected chi connectivity index (χ2v) is 9.37. The molecule has 178 valence electrons. The molecule has 0 spiro atoms. The molecule has 0 aliphatic heterocycles. The number of hydrogen-bond acceptors (Lipinski definition) is 0. The molecule has 0 unspecified atom stereocenters. The fourth-order valence-electron chi connectivity index (χ4n) is 4.51. The molecule has 0 amide bonds. The van der Waals surface area contributed by atoms with Gasteiger partial charge in [0.05, 0.1) is 0 Å². The standard InChI is InChI=1S/C38H26/c1-3-7-37-27-33(23-25-35(37)5-1)21-19-31-15-11-29(12-16-31)9-10-30-13-17-32(18-14-30)20-22-34-24-26-36-6-2-4-8-38(36)28-34/h1-8,11-28H. The smallest absolute Gasteiger partial charge is 0.0249 e. The zero-order valence-corrected chi connectivity index (χ0v) is 21.0. The second-order valence-electron chi connectivity index (χ2n) is 9.37. The lowest BCUT2D eigenvalue weighted by molar-refractivity contribution is 1.59. The van der Waals surface area contributed by atoms with E-state index in [4.69, 9.17) is 0 Å². The van der Waals surface area contributed by atoms with Crippen LogP contribution in [-0.2, 0) is 0 Å². The molecule has 0 aliphatic rings. The van der Waals surface area contributed by atoms with Crippen molar-refractivity contribution in [3.05, 3.63) is 167 Å². The number of rotatable bonds is 4. The molecule has 6 aromatic rings. The maximum atomic E-state index is 3.28. The second kappa shape index (κ2) is 10.9. The van der Waals surface area contributed by atoms with Crippen molar-refractivity contribution in [2.24, 2.45) is 0 Å². The summed E-state index contributed by atoms with van der Waals surface area (Å²) in [5, 5.41) is 5.04. The van der Waals surface area contributed by atoms with E-state index in [1.165, 1.54) is 32.7 Å². The third-order valence-electron chi connectivity index (χ3n) is 6.66. The van der Waals surface area contributed by atoms with Crippen LogP contribution in [0.25, 0.3) is 45.8 Å². The van der Waals surface area contributed by atoms with Crippen molar-refractivity contribution < 1.29 is 0 Å². The van der Waals surface area contributed by atoms with E-state index < -0.39 is 0 Å². The molecule has 38 heavy (non-hydrogen) atoms. The first kappa shape index (κ1) is 23.3. The van der Waals surface area contributed by atoms with Gasteiger partial charge in [0, 0.05) is 11.1 Å². The van der Waals surface area contributed by atoms with Crippen molar-refractivity contribution in [1.82, 2.24) is 0 Å². The van der Waals surface area contributed by atoms with Crippen molar-refractivity contribution >= 4 is 45.8 Å². The highest BCUT2D eigenvalue weighted by molar-refractivity contribution is 5.87. The lowest BCUT2D eigenvalue weighted by atomic mass is 10.1. The number of fused-ring (bicyclic) bond motifs is 2. The zero-order chi connectivity index (χ0) is 25.6. The van der Waals surface area contributed by atoms with Gasteiger partial charge in [-0.05, 0) is 80.2 Å². The first-order valence-electron chi connectivity index (χ1n) is 12.8. The van der Waals surface area contributed by atoms with Crippen LogP contribution in [0, 0.1) is 11.8 Å². The Balaban J connectivity index is 1.09. The molecule has 0 nitrogen and oxygen atoms in total. The summed E-state index contributed by atoms with van der Waals surface area (Å²) in [5.41, 5.74) is 6.73. The van der Waals surface area contributed by atoms with E-state index >= 15 is 0 Å². The quantitative estimate of drug-likeness (QED) is 0.173. The minimum Gasteiger partial charge on any atom is -0.0617 e. The van der Waals surface area contributed by atoms with Gasteiger partial charge in [-0.3, -0.25) is 0 Å². The average Bonchev–Trinajstić information content (AvgIpc) is 2.99. The fraction of sp³-hybridized carbons (Fsp3) is 0. The van der Waals surface area contributed by atoms with Crippen LogP contribution in [0.4, 0.5) is 0 Å². The Morgan fingerprint density at radius 1 is 0.316 bits per heavy atom. The van der Waals surface area contributed by atoms with Gasteiger partial charge in [-0.1, -0.05) is 133 Å². The Bertz CT molecular complexity index is 1700. The Labute approximate surface area is 224 Å². The molecule has 0 saturated heterocycles. The van der Waals surface area contributed by atoms with Gasteiger partial charge in [0.2, 0.25) is 0 Å². The minimum atomic E-state index is 1.01. The molecule has 0 N–H and O–H groups in total. The van der Waals surface area contributed by atoms with Crippen LogP contribution in [0.15, 0.2) is 133 Å². The highest BCUT2D eigenvalue weighted by Gasteiger charge is 1.96. The summed E-state index contributed by atoms with van der Waals surface area (Å²) >= 11 is 0. The van der Waals surface area contributed by atoms with Gasteiger partial charge in [-0.15, -0.1) is 0 Å². The van der Waals surface area contributed by atoms with E-state index in [1.807, 2.05) is 0 Å². The lowest BCUT2D eigenvalue weighted by Gasteiger charge is -2.00. The maximum absolute atomic E-state index is 3.28. The molecule has 6 aromatic carbocycles. The van der Waals surface area contributed by atoms with Crippen molar-refractivity contribution in [3.63, 3.8) is 0 Å². The summed E-state index contributed by atoms with van der Waals surface area (Å²) in [7, 11) is 0. The fourth-order valence-corrected chi connectivity index (χ4v) is 4.51. The summed E-state index contributed by atoms with van der Waals surface area (Å²) in [4.78, 5) is 0. The summed E-state index contributed by atoms with van der Waals surface area (Å²) in [6, 6.07) is 46.7. The minimum absolute atomic E-state index is 1.01. The first-order chi connectivity index (χ1) is 18.8. The van der Waals surface area contributed by atoms with Crippen LogP contribution in [0.1, 0.15) is 33.4 Å². The molecule has 0 aromatic heterocycles.